The van der Waals surface area contributed by atoms with Gasteiger partial charge in [-0.05, 0) is 53.1 Å². The van der Waals surface area contributed by atoms with E-state index in [2.05, 4.69) is 32.4 Å². The number of ether oxygens (including phenoxy) is 5. The Labute approximate surface area is 289 Å². The van der Waals surface area contributed by atoms with Gasteiger partial charge >= 0.3 is 0 Å². The first kappa shape index (κ1) is 32.9. The molecule has 0 saturated carbocycles. The SMILES string of the molecule is COc1ccc(C(OC[C@H]2[CH][C@@H](OC)[C@H](n3cnc4c(NC(=O)c5ccccc5)ncnc43)O2)(c2ccccc2)c2ccc(OC)cc2)cc1. The molecular formula is C39H36N5O6. The predicted octanol–water partition coefficient (Wildman–Crippen LogP) is 6.22. The molecule has 1 aliphatic rings. The van der Waals surface area contributed by atoms with Gasteiger partial charge < -0.3 is 29.0 Å². The Morgan fingerprint density at radius 3 is 1.98 bits per heavy atom. The van der Waals surface area contributed by atoms with Crippen LogP contribution in [0.15, 0.2) is 122 Å². The van der Waals surface area contributed by atoms with Crippen molar-refractivity contribution in [2.45, 2.75) is 24.0 Å². The number of amides is 1. The number of carbonyl (C=O) groups excluding carboxylic acids is 1. The van der Waals surface area contributed by atoms with E-state index in [-0.39, 0.29) is 12.5 Å². The molecule has 50 heavy (non-hydrogen) atoms. The molecule has 0 aliphatic carbocycles. The van der Waals surface area contributed by atoms with Gasteiger partial charge in [0.25, 0.3) is 5.91 Å². The molecule has 11 heteroatoms. The fraction of sp³-hybridized carbons (Fsp3) is 0.205. The summed E-state index contributed by atoms with van der Waals surface area (Å²) in [6.07, 6.45) is 3.45. The molecule has 4 aromatic carbocycles. The lowest BCUT2D eigenvalue weighted by atomic mass is 9.80. The van der Waals surface area contributed by atoms with Crippen LogP contribution >= 0.6 is 0 Å². The summed E-state index contributed by atoms with van der Waals surface area (Å²) in [6, 6.07) is 34.8. The number of carbonyl (C=O) groups is 1. The van der Waals surface area contributed by atoms with Crippen LogP contribution < -0.4 is 14.8 Å². The molecule has 1 fully saturated rings. The summed E-state index contributed by atoms with van der Waals surface area (Å²) in [7, 11) is 4.92. The van der Waals surface area contributed by atoms with Crippen molar-refractivity contribution in [1.82, 2.24) is 19.5 Å². The zero-order valence-electron chi connectivity index (χ0n) is 27.8. The van der Waals surface area contributed by atoms with E-state index in [0.29, 0.717) is 22.5 Å². The third kappa shape index (κ3) is 6.29. The van der Waals surface area contributed by atoms with E-state index in [4.69, 9.17) is 23.7 Å². The van der Waals surface area contributed by atoms with Gasteiger partial charge in [0, 0.05) is 19.1 Å². The minimum absolute atomic E-state index is 0.184. The lowest BCUT2D eigenvalue weighted by Crippen LogP contribution is -2.36. The summed E-state index contributed by atoms with van der Waals surface area (Å²) in [4.78, 5) is 26.2. The molecule has 3 atom stereocenters. The summed E-state index contributed by atoms with van der Waals surface area (Å²) in [5.74, 6) is 1.48. The summed E-state index contributed by atoms with van der Waals surface area (Å²) in [5.41, 5.74) is 3.17. The summed E-state index contributed by atoms with van der Waals surface area (Å²) < 4.78 is 32.3. The molecule has 3 heterocycles. The molecule has 0 bridgehead atoms. The second kappa shape index (κ2) is 14.5. The highest BCUT2D eigenvalue weighted by Crippen LogP contribution is 2.43. The third-order valence-electron chi connectivity index (χ3n) is 8.81. The van der Waals surface area contributed by atoms with Gasteiger partial charge in [0.2, 0.25) is 0 Å². The second-order valence-electron chi connectivity index (χ2n) is 11.6. The molecule has 1 N–H and O–H groups in total. The summed E-state index contributed by atoms with van der Waals surface area (Å²) in [5, 5.41) is 2.86. The molecule has 0 unspecified atom stereocenters. The van der Waals surface area contributed by atoms with E-state index < -0.39 is 24.0 Å². The largest absolute Gasteiger partial charge is 0.497 e. The van der Waals surface area contributed by atoms with Gasteiger partial charge in [-0.15, -0.1) is 0 Å². The number of nitrogens with one attached hydrogen (secondary N) is 1. The number of fused-ring (bicyclic) bond motifs is 1. The first-order valence-electron chi connectivity index (χ1n) is 16.1. The standard InChI is InChI=1S/C39H36N5O6/c1-46-30-18-14-28(15-19-30)39(27-12-8-5-9-13-27,29-16-20-31(47-2)21-17-29)49-23-32-22-33(48-3)38(50-32)44-25-42-34-35(40-24-41-36(34)44)43-37(45)26-10-6-4-7-11-26/h4-22,24-25,32-33,38H,23H2,1-3H3,(H,40,41,43,45)/t32-,33-,38-/m1/s1. The Hall–Kier alpha value is -5.62. The average Bonchev–Trinajstić information content (AvgIpc) is 3.81. The molecule has 253 valence electrons. The fourth-order valence-corrected chi connectivity index (χ4v) is 6.30. The Bertz CT molecular complexity index is 1990. The van der Waals surface area contributed by atoms with Crippen molar-refractivity contribution in [3.8, 4) is 11.5 Å². The minimum atomic E-state index is -1.02. The van der Waals surface area contributed by atoms with Crippen LogP contribution in [0.4, 0.5) is 5.82 Å². The molecule has 0 spiro atoms. The van der Waals surface area contributed by atoms with Gasteiger partial charge in [-0.1, -0.05) is 72.8 Å². The Balaban J connectivity index is 1.19. The minimum Gasteiger partial charge on any atom is -0.497 e. The Morgan fingerprint density at radius 1 is 0.780 bits per heavy atom. The van der Waals surface area contributed by atoms with E-state index in [1.807, 2.05) is 79.2 Å². The zero-order chi connectivity index (χ0) is 34.5. The molecule has 1 aliphatic heterocycles. The van der Waals surface area contributed by atoms with Crippen molar-refractivity contribution in [2.24, 2.45) is 0 Å². The van der Waals surface area contributed by atoms with E-state index in [1.54, 1.807) is 56.5 Å². The Kier molecular flexibility index (Phi) is 9.52. The quantitative estimate of drug-likeness (QED) is 0.151. The number of rotatable bonds is 12. The first-order valence-corrected chi connectivity index (χ1v) is 16.1. The molecule has 11 nitrogen and oxygen atoms in total. The highest BCUT2D eigenvalue weighted by molar-refractivity contribution is 6.06. The molecule has 2 aromatic heterocycles. The highest BCUT2D eigenvalue weighted by Gasteiger charge is 2.43. The van der Waals surface area contributed by atoms with Gasteiger partial charge in [0.05, 0.1) is 33.3 Å². The number of hydrogen-bond donors (Lipinski definition) is 1. The molecular weight excluding hydrogens is 634 g/mol. The number of aromatic nitrogens is 4. The fourth-order valence-electron chi connectivity index (χ4n) is 6.30. The second-order valence-corrected chi connectivity index (χ2v) is 11.6. The maximum Gasteiger partial charge on any atom is 0.256 e. The molecule has 1 amide bonds. The highest BCUT2D eigenvalue weighted by atomic mass is 16.6. The van der Waals surface area contributed by atoms with E-state index in [9.17, 15) is 4.79 Å². The maximum atomic E-state index is 12.9. The van der Waals surface area contributed by atoms with Crippen LogP contribution in [0.1, 0.15) is 33.3 Å². The number of imidazole rings is 1. The molecule has 7 rings (SSSR count). The maximum absolute atomic E-state index is 12.9. The van der Waals surface area contributed by atoms with Gasteiger partial charge in [-0.25, -0.2) is 15.0 Å². The topological polar surface area (TPSA) is 119 Å². The van der Waals surface area contributed by atoms with Gasteiger partial charge in [-0.2, -0.15) is 0 Å². The van der Waals surface area contributed by atoms with Crippen LogP contribution in [-0.4, -0.2) is 65.6 Å². The van der Waals surface area contributed by atoms with E-state index in [1.165, 1.54) is 6.33 Å². The van der Waals surface area contributed by atoms with Gasteiger partial charge in [0.15, 0.2) is 23.2 Å². The lowest BCUT2D eigenvalue weighted by molar-refractivity contribution is -0.0876. The predicted molar refractivity (Wildman–Crippen MR) is 187 cm³/mol. The van der Waals surface area contributed by atoms with E-state index in [0.717, 1.165) is 28.2 Å². The number of nitrogens with zero attached hydrogens (tertiary/aromatic N) is 4. The smallest absolute Gasteiger partial charge is 0.256 e. The van der Waals surface area contributed by atoms with Crippen LogP contribution in [0.25, 0.3) is 11.2 Å². The number of benzene rings is 4. The van der Waals surface area contributed by atoms with Crippen LogP contribution in [0.5, 0.6) is 11.5 Å². The van der Waals surface area contributed by atoms with Crippen molar-refractivity contribution >= 4 is 22.9 Å². The Morgan fingerprint density at radius 2 is 1.38 bits per heavy atom. The summed E-state index contributed by atoms with van der Waals surface area (Å²) >= 11 is 0. The van der Waals surface area contributed by atoms with Crippen molar-refractivity contribution in [1.29, 1.82) is 0 Å². The molecule has 1 saturated heterocycles. The lowest BCUT2D eigenvalue weighted by Gasteiger charge is -2.37. The van der Waals surface area contributed by atoms with Crippen molar-refractivity contribution in [3.05, 3.63) is 151 Å². The van der Waals surface area contributed by atoms with Crippen molar-refractivity contribution in [2.75, 3.05) is 33.3 Å². The molecule has 6 aromatic rings. The van der Waals surface area contributed by atoms with Crippen LogP contribution in [0.2, 0.25) is 0 Å². The molecule has 1 radical (unpaired) electrons. The van der Waals surface area contributed by atoms with Crippen LogP contribution in [-0.2, 0) is 19.8 Å². The first-order chi connectivity index (χ1) is 24.5. The van der Waals surface area contributed by atoms with Gasteiger partial charge in [-0.3, -0.25) is 9.36 Å². The number of hydrogen-bond acceptors (Lipinski definition) is 9. The van der Waals surface area contributed by atoms with E-state index >= 15 is 0 Å². The van der Waals surface area contributed by atoms with Crippen LogP contribution in [0, 0.1) is 6.42 Å². The van der Waals surface area contributed by atoms with Gasteiger partial charge in [0.1, 0.15) is 29.5 Å². The normalized spacial score (nSPS) is 17.5. The van der Waals surface area contributed by atoms with Crippen LogP contribution in [0.3, 0.4) is 0 Å². The summed E-state index contributed by atoms with van der Waals surface area (Å²) in [6.45, 7) is 0.184. The zero-order valence-corrected chi connectivity index (χ0v) is 27.8. The monoisotopic (exact) mass is 670 g/mol. The third-order valence-corrected chi connectivity index (χ3v) is 8.81. The van der Waals surface area contributed by atoms with Crippen molar-refractivity contribution < 1.29 is 28.5 Å². The number of methoxy groups -OCH3 is 3. The number of anilines is 1. The average molecular weight is 671 g/mol. The van der Waals surface area contributed by atoms with Crippen molar-refractivity contribution in [3.63, 3.8) is 0 Å².